The summed E-state index contributed by atoms with van der Waals surface area (Å²) in [5, 5.41) is 10.0. The van der Waals surface area contributed by atoms with E-state index in [9.17, 15) is 36.2 Å². The fourth-order valence-electron chi connectivity index (χ4n) is 7.36. The fraction of sp³-hybridized carbons (Fsp3) is 0.633. The van der Waals surface area contributed by atoms with Crippen LogP contribution in [0.1, 0.15) is 88.3 Å². The Kier molecular flexibility index (Phi) is 8.03. The molecule has 0 radical (unpaired) electrons. The van der Waals surface area contributed by atoms with Crippen LogP contribution in [0.4, 0.5) is 26.3 Å². The number of alkyl halides is 6. The molecule has 3 unspecified atom stereocenters. The van der Waals surface area contributed by atoms with Crippen molar-refractivity contribution in [2.75, 3.05) is 0 Å². The average molecular weight is 572 g/mol. The Balaban J connectivity index is 1.42. The topological polar surface area (TPSA) is 49.8 Å². The van der Waals surface area contributed by atoms with Gasteiger partial charge in [0.25, 0.3) is 0 Å². The average Bonchev–Trinajstić information content (AvgIpc) is 2.87. The van der Waals surface area contributed by atoms with Gasteiger partial charge in [0.1, 0.15) is 11.3 Å². The third-order valence-corrected chi connectivity index (χ3v) is 9.23. The van der Waals surface area contributed by atoms with Gasteiger partial charge in [-0.05, 0) is 86.3 Å². The Morgan fingerprint density at radius 3 is 2.17 bits per heavy atom. The van der Waals surface area contributed by atoms with Crippen LogP contribution in [0.5, 0.6) is 5.75 Å². The maximum Gasteiger partial charge on any atom is 0.420 e. The molecule has 1 aliphatic carbocycles. The summed E-state index contributed by atoms with van der Waals surface area (Å²) in [6, 6.07) is 8.09. The van der Waals surface area contributed by atoms with E-state index in [1.165, 1.54) is 12.1 Å². The number of benzene rings is 2. The molecule has 0 amide bonds. The quantitative estimate of drug-likeness (QED) is 0.353. The highest BCUT2D eigenvalue weighted by atomic mass is 19.4. The van der Waals surface area contributed by atoms with Gasteiger partial charge in [-0.25, -0.2) is 0 Å². The van der Waals surface area contributed by atoms with Crippen molar-refractivity contribution >= 4 is 16.7 Å². The molecular weight excluding hydrogens is 536 g/mol. The Bertz CT molecular complexity index is 1210. The second-order valence-corrected chi connectivity index (χ2v) is 11.7. The Hall–Kier alpha value is -2.49. The van der Waals surface area contributed by atoms with Crippen molar-refractivity contribution in [2.45, 2.75) is 108 Å². The minimum absolute atomic E-state index is 0.00244. The van der Waals surface area contributed by atoms with Crippen LogP contribution in [-0.4, -0.2) is 40.3 Å². The van der Waals surface area contributed by atoms with Gasteiger partial charge in [-0.1, -0.05) is 31.5 Å². The van der Waals surface area contributed by atoms with Gasteiger partial charge in [-0.2, -0.15) is 26.3 Å². The molecule has 5 rings (SSSR count). The molecule has 10 heteroatoms. The van der Waals surface area contributed by atoms with Gasteiger partial charge in [-0.15, -0.1) is 0 Å². The SMILES string of the molecule is CCC(c1ccc2c(C(F)(F)F)c(O[C@H]3CC[C@@H](C(F)(F)F)CC3)ccc2c1)N1C2CCCC1CC(C(=O)O)C2. The van der Waals surface area contributed by atoms with Crippen LogP contribution >= 0.6 is 0 Å². The molecule has 0 spiro atoms. The highest BCUT2D eigenvalue weighted by Crippen LogP contribution is 2.46. The van der Waals surface area contributed by atoms with Gasteiger partial charge in [0, 0.05) is 18.1 Å². The van der Waals surface area contributed by atoms with Gasteiger partial charge in [0.05, 0.1) is 17.9 Å². The van der Waals surface area contributed by atoms with Crippen molar-refractivity contribution in [3.63, 3.8) is 0 Å². The number of fused-ring (bicyclic) bond motifs is 3. The summed E-state index contributed by atoms with van der Waals surface area (Å²) >= 11 is 0. The summed E-state index contributed by atoms with van der Waals surface area (Å²) in [6.07, 6.45) is -5.15. The van der Waals surface area contributed by atoms with Crippen LogP contribution in [0.15, 0.2) is 30.3 Å². The third kappa shape index (κ3) is 5.78. The highest BCUT2D eigenvalue weighted by Gasteiger charge is 2.45. The lowest BCUT2D eigenvalue weighted by Crippen LogP contribution is -2.54. The fourth-order valence-corrected chi connectivity index (χ4v) is 7.36. The van der Waals surface area contributed by atoms with Crippen LogP contribution < -0.4 is 4.74 Å². The standard InChI is InChI=1S/C30H35F6NO3/c1-2-25(37-21-4-3-5-22(37)16-19(15-21)28(38)39)18-6-12-24-17(14-18)7-13-26(27(24)30(34,35)36)40-23-10-8-20(9-11-23)29(31,32)33/h6-7,12-14,19-23,25H,2-5,8-11,15-16H2,1H3,(H,38,39)/t19?,20-,21?,22?,23+,25?. The summed E-state index contributed by atoms with van der Waals surface area (Å²) in [7, 11) is 0. The van der Waals surface area contributed by atoms with Crippen LogP contribution in [0.2, 0.25) is 0 Å². The minimum atomic E-state index is -4.71. The summed E-state index contributed by atoms with van der Waals surface area (Å²) in [5.41, 5.74) is -0.00498. The lowest BCUT2D eigenvalue weighted by atomic mass is 9.76. The van der Waals surface area contributed by atoms with E-state index in [1.807, 2.05) is 6.92 Å². The van der Waals surface area contributed by atoms with E-state index in [1.54, 1.807) is 18.2 Å². The first-order valence-corrected chi connectivity index (χ1v) is 14.2. The Morgan fingerprint density at radius 2 is 1.62 bits per heavy atom. The number of rotatable bonds is 6. The summed E-state index contributed by atoms with van der Waals surface area (Å²) in [5.74, 6) is -2.91. The molecule has 1 saturated carbocycles. The van der Waals surface area contributed by atoms with Crippen LogP contribution in [0.3, 0.4) is 0 Å². The van der Waals surface area contributed by atoms with E-state index in [0.29, 0.717) is 18.2 Å². The molecular formula is C30H35F6NO3. The molecule has 3 aliphatic rings. The van der Waals surface area contributed by atoms with Gasteiger partial charge >= 0.3 is 18.3 Å². The van der Waals surface area contributed by atoms with Crippen LogP contribution in [-0.2, 0) is 11.0 Å². The summed E-state index contributed by atoms with van der Waals surface area (Å²) in [4.78, 5) is 14.1. The number of carbonyl (C=O) groups is 1. The van der Waals surface area contributed by atoms with E-state index < -0.39 is 35.9 Å². The molecule has 0 aromatic heterocycles. The Labute approximate surface area is 229 Å². The maximum absolute atomic E-state index is 14.3. The molecule has 2 aromatic carbocycles. The molecule has 3 fully saturated rings. The summed E-state index contributed by atoms with van der Waals surface area (Å²) < 4.78 is 87.8. The van der Waals surface area contributed by atoms with Crippen molar-refractivity contribution < 1.29 is 41.0 Å². The van der Waals surface area contributed by atoms with E-state index in [2.05, 4.69) is 4.90 Å². The second kappa shape index (κ2) is 11.1. The molecule has 220 valence electrons. The van der Waals surface area contributed by atoms with Crippen molar-refractivity contribution in [3.05, 3.63) is 41.5 Å². The molecule has 40 heavy (non-hydrogen) atoms. The molecule has 2 aliphatic heterocycles. The van der Waals surface area contributed by atoms with Crippen molar-refractivity contribution in [1.29, 1.82) is 0 Å². The van der Waals surface area contributed by atoms with Gasteiger partial charge < -0.3 is 9.84 Å². The minimum Gasteiger partial charge on any atom is -0.490 e. The normalized spacial score (nSPS) is 28.8. The number of halogens is 6. The second-order valence-electron chi connectivity index (χ2n) is 11.7. The van der Waals surface area contributed by atoms with Crippen LogP contribution in [0.25, 0.3) is 10.8 Å². The molecule has 2 heterocycles. The molecule has 2 bridgehead atoms. The molecule has 2 aromatic rings. The monoisotopic (exact) mass is 571 g/mol. The zero-order valence-corrected chi connectivity index (χ0v) is 22.4. The highest BCUT2D eigenvalue weighted by molar-refractivity contribution is 5.89. The number of piperidine rings is 2. The number of hydrogen-bond acceptors (Lipinski definition) is 3. The number of hydrogen-bond donors (Lipinski definition) is 1. The van der Waals surface area contributed by atoms with E-state index >= 15 is 0 Å². The molecule has 2 saturated heterocycles. The molecule has 4 nitrogen and oxygen atoms in total. The lowest BCUT2D eigenvalue weighted by Gasteiger charge is -2.51. The Morgan fingerprint density at radius 1 is 0.975 bits per heavy atom. The van der Waals surface area contributed by atoms with Crippen molar-refractivity contribution in [3.8, 4) is 5.75 Å². The lowest BCUT2D eigenvalue weighted by molar-refractivity contribution is -0.185. The molecule has 3 atom stereocenters. The number of aliphatic carboxylic acids is 1. The first-order chi connectivity index (χ1) is 18.9. The number of carboxylic acids is 1. The zero-order chi connectivity index (χ0) is 28.8. The van der Waals surface area contributed by atoms with E-state index in [0.717, 1.165) is 31.2 Å². The van der Waals surface area contributed by atoms with Crippen molar-refractivity contribution in [2.24, 2.45) is 11.8 Å². The first-order valence-electron chi connectivity index (χ1n) is 14.2. The maximum atomic E-state index is 14.3. The van der Waals surface area contributed by atoms with E-state index in [4.69, 9.17) is 4.74 Å². The molecule has 1 N–H and O–H groups in total. The predicted molar refractivity (Wildman–Crippen MR) is 138 cm³/mol. The zero-order valence-electron chi connectivity index (χ0n) is 22.4. The van der Waals surface area contributed by atoms with Gasteiger partial charge in [-0.3, -0.25) is 9.69 Å². The van der Waals surface area contributed by atoms with Gasteiger partial charge in [0.2, 0.25) is 0 Å². The predicted octanol–water partition coefficient (Wildman–Crippen LogP) is 8.53. The van der Waals surface area contributed by atoms with E-state index in [-0.39, 0.29) is 60.9 Å². The number of ether oxygens (including phenoxy) is 1. The number of nitrogens with zero attached hydrogens (tertiary/aromatic N) is 1. The van der Waals surface area contributed by atoms with Gasteiger partial charge in [0.15, 0.2) is 0 Å². The smallest absolute Gasteiger partial charge is 0.420 e. The largest absolute Gasteiger partial charge is 0.490 e. The summed E-state index contributed by atoms with van der Waals surface area (Å²) in [6.45, 7) is 2.04. The van der Waals surface area contributed by atoms with Crippen LogP contribution in [0, 0.1) is 11.8 Å². The first kappa shape index (κ1) is 29.0. The third-order valence-electron chi connectivity index (χ3n) is 9.23. The van der Waals surface area contributed by atoms with Crippen molar-refractivity contribution in [1.82, 2.24) is 4.90 Å². The number of carboxylic acid groups (broad SMARTS) is 1.